The molecule has 0 saturated heterocycles. The number of hydrogen-bond acceptors (Lipinski definition) is 3. The van der Waals surface area contributed by atoms with Gasteiger partial charge in [0.05, 0.1) is 11.2 Å². The summed E-state index contributed by atoms with van der Waals surface area (Å²) in [4.78, 5) is 17.7. The minimum absolute atomic E-state index is 0.0210. The van der Waals surface area contributed by atoms with Crippen molar-refractivity contribution in [3.63, 3.8) is 0 Å². The molecule has 0 fully saturated rings. The second-order valence-electron chi connectivity index (χ2n) is 5.04. The van der Waals surface area contributed by atoms with Crippen molar-refractivity contribution < 1.29 is 4.79 Å². The molecule has 0 atom stereocenters. The monoisotopic (exact) mass is 266 g/mol. The number of amides is 1. The zero-order chi connectivity index (χ0) is 13.9. The van der Waals surface area contributed by atoms with E-state index in [1.54, 1.807) is 11.3 Å². The van der Waals surface area contributed by atoms with E-state index in [4.69, 9.17) is 0 Å². The summed E-state index contributed by atoms with van der Waals surface area (Å²) >= 11 is 1.64. The number of allylic oxidation sites excluding steroid dienone is 1. The molecule has 1 rings (SSSR count). The number of rotatable bonds is 4. The Kier molecular flexibility index (Phi) is 4.68. The molecule has 1 N–H and O–H groups in total. The zero-order valence-corrected chi connectivity index (χ0v) is 12.9. The summed E-state index contributed by atoms with van der Waals surface area (Å²) in [7, 11) is 0. The fourth-order valence-corrected chi connectivity index (χ4v) is 2.55. The minimum Gasteiger partial charge on any atom is -0.341 e. The third kappa shape index (κ3) is 3.42. The molecule has 4 heteroatoms. The molecule has 3 nitrogen and oxygen atoms in total. The maximum absolute atomic E-state index is 12.0. The highest BCUT2D eigenvalue weighted by Crippen LogP contribution is 2.27. The average molecular weight is 266 g/mol. The fourth-order valence-electron chi connectivity index (χ4n) is 1.57. The lowest BCUT2D eigenvalue weighted by atomic mass is 10.1. The van der Waals surface area contributed by atoms with Gasteiger partial charge in [-0.05, 0) is 41.0 Å². The van der Waals surface area contributed by atoms with Crippen LogP contribution in [-0.4, -0.2) is 10.9 Å². The van der Waals surface area contributed by atoms with Gasteiger partial charge in [0.15, 0.2) is 0 Å². The van der Waals surface area contributed by atoms with Crippen LogP contribution in [-0.2, 0) is 10.3 Å². The van der Waals surface area contributed by atoms with E-state index in [9.17, 15) is 4.79 Å². The molecule has 0 spiro atoms. The lowest BCUT2D eigenvalue weighted by molar-refractivity contribution is -0.119. The van der Waals surface area contributed by atoms with Gasteiger partial charge in [-0.15, -0.1) is 11.3 Å². The molecule has 1 amide bonds. The van der Waals surface area contributed by atoms with E-state index in [0.717, 1.165) is 22.7 Å². The van der Waals surface area contributed by atoms with Crippen molar-refractivity contribution >= 4 is 17.2 Å². The van der Waals surface area contributed by atoms with Crippen LogP contribution in [0.2, 0.25) is 0 Å². The van der Waals surface area contributed by atoms with Crippen molar-refractivity contribution in [3.05, 3.63) is 27.2 Å². The summed E-state index contributed by atoms with van der Waals surface area (Å²) in [5, 5.41) is 3.99. The van der Waals surface area contributed by atoms with Crippen LogP contribution in [0.15, 0.2) is 11.6 Å². The summed E-state index contributed by atoms with van der Waals surface area (Å²) < 4.78 is 0. The van der Waals surface area contributed by atoms with Gasteiger partial charge in [0.1, 0.15) is 5.01 Å². The Hall–Kier alpha value is -1.16. The van der Waals surface area contributed by atoms with Gasteiger partial charge in [-0.25, -0.2) is 4.98 Å². The Morgan fingerprint density at radius 1 is 1.44 bits per heavy atom. The number of thiazole rings is 1. The Morgan fingerprint density at radius 2 is 2.06 bits per heavy atom. The second kappa shape index (κ2) is 5.65. The van der Waals surface area contributed by atoms with Gasteiger partial charge in [-0.1, -0.05) is 13.0 Å². The van der Waals surface area contributed by atoms with Crippen molar-refractivity contribution in [2.45, 2.75) is 53.5 Å². The van der Waals surface area contributed by atoms with Crippen molar-refractivity contribution in [1.82, 2.24) is 10.3 Å². The first-order chi connectivity index (χ1) is 8.27. The molecule has 0 aliphatic heterocycles. The summed E-state index contributed by atoms with van der Waals surface area (Å²) in [6, 6.07) is 0. The highest BCUT2D eigenvalue weighted by atomic mass is 32.1. The molecular formula is C14H22N2OS. The Morgan fingerprint density at radius 3 is 2.50 bits per heavy atom. The van der Waals surface area contributed by atoms with Crippen LogP contribution in [0, 0.1) is 13.8 Å². The third-order valence-corrected chi connectivity index (χ3v) is 4.25. The molecule has 0 saturated carbocycles. The third-order valence-electron chi connectivity index (χ3n) is 2.86. The lowest BCUT2D eigenvalue weighted by Crippen LogP contribution is -2.41. The number of carbonyl (C=O) groups is 1. The largest absolute Gasteiger partial charge is 0.341 e. The molecule has 0 aliphatic rings. The molecule has 0 radical (unpaired) electrons. The standard InChI is InChI=1S/C14H22N2OS/c1-7-8-9(2)12(17)16-14(5,6)13-15-10(3)11(4)18-13/h8H,7H2,1-6H3,(H,16,17). The quantitative estimate of drug-likeness (QED) is 0.848. The van der Waals surface area contributed by atoms with Crippen molar-refractivity contribution in [3.8, 4) is 0 Å². The maximum atomic E-state index is 12.0. The van der Waals surface area contributed by atoms with E-state index in [2.05, 4.69) is 17.2 Å². The van der Waals surface area contributed by atoms with E-state index in [0.29, 0.717) is 0 Å². The summed E-state index contributed by atoms with van der Waals surface area (Å²) in [5.74, 6) is -0.0210. The van der Waals surface area contributed by atoms with Crippen LogP contribution in [0.25, 0.3) is 0 Å². The first kappa shape index (κ1) is 14.9. The predicted octanol–water partition coefficient (Wildman–Crippen LogP) is 3.47. The van der Waals surface area contributed by atoms with Gasteiger partial charge >= 0.3 is 0 Å². The van der Waals surface area contributed by atoms with Gasteiger partial charge in [0.25, 0.3) is 0 Å². The van der Waals surface area contributed by atoms with Gasteiger partial charge in [-0.2, -0.15) is 0 Å². The Balaban J connectivity index is 2.88. The van der Waals surface area contributed by atoms with Crippen LogP contribution in [0.1, 0.15) is 49.7 Å². The number of aryl methyl sites for hydroxylation is 2. The number of aromatic nitrogens is 1. The van der Waals surface area contributed by atoms with Gasteiger partial charge < -0.3 is 5.32 Å². The Labute approximate surface area is 113 Å². The van der Waals surface area contributed by atoms with Crippen molar-refractivity contribution in [2.24, 2.45) is 0 Å². The molecule has 0 unspecified atom stereocenters. The lowest BCUT2D eigenvalue weighted by Gasteiger charge is -2.24. The van der Waals surface area contributed by atoms with Gasteiger partial charge in [0.2, 0.25) is 5.91 Å². The van der Waals surface area contributed by atoms with Crippen molar-refractivity contribution in [2.75, 3.05) is 0 Å². The molecule has 18 heavy (non-hydrogen) atoms. The first-order valence-corrected chi connectivity index (χ1v) is 7.03. The van der Waals surface area contributed by atoms with Crippen LogP contribution in [0.5, 0.6) is 0 Å². The molecule has 1 aromatic heterocycles. The summed E-state index contributed by atoms with van der Waals surface area (Å²) in [6.07, 6.45) is 2.80. The average Bonchev–Trinajstić information content (AvgIpc) is 2.60. The zero-order valence-electron chi connectivity index (χ0n) is 12.0. The Bertz CT molecular complexity index is 453. The second-order valence-corrected chi connectivity index (χ2v) is 6.24. The topological polar surface area (TPSA) is 42.0 Å². The molecular weight excluding hydrogens is 244 g/mol. The molecule has 0 aromatic carbocycles. The molecule has 100 valence electrons. The van der Waals surface area contributed by atoms with Gasteiger partial charge in [-0.3, -0.25) is 4.79 Å². The number of carbonyl (C=O) groups excluding carboxylic acids is 1. The fraction of sp³-hybridized carbons (Fsp3) is 0.571. The maximum Gasteiger partial charge on any atom is 0.247 e. The van der Waals surface area contributed by atoms with Crippen LogP contribution >= 0.6 is 11.3 Å². The number of hydrogen-bond donors (Lipinski definition) is 1. The van der Waals surface area contributed by atoms with Crippen LogP contribution in [0.4, 0.5) is 0 Å². The molecule has 0 aliphatic carbocycles. The smallest absolute Gasteiger partial charge is 0.247 e. The van der Waals surface area contributed by atoms with Crippen molar-refractivity contribution in [1.29, 1.82) is 0 Å². The van der Waals surface area contributed by atoms with Crippen LogP contribution in [0.3, 0.4) is 0 Å². The number of nitrogens with one attached hydrogen (secondary N) is 1. The van der Waals surface area contributed by atoms with Crippen LogP contribution < -0.4 is 5.32 Å². The van der Waals surface area contributed by atoms with E-state index in [1.807, 2.05) is 40.7 Å². The molecule has 1 aromatic rings. The first-order valence-electron chi connectivity index (χ1n) is 6.21. The van der Waals surface area contributed by atoms with E-state index < -0.39 is 5.54 Å². The highest BCUT2D eigenvalue weighted by Gasteiger charge is 2.27. The molecule has 0 bridgehead atoms. The van der Waals surface area contributed by atoms with Gasteiger partial charge in [0, 0.05) is 10.5 Å². The highest BCUT2D eigenvalue weighted by molar-refractivity contribution is 7.11. The van der Waals surface area contributed by atoms with E-state index in [1.165, 1.54) is 4.88 Å². The SMILES string of the molecule is CCC=C(C)C(=O)NC(C)(C)c1nc(C)c(C)s1. The van der Waals surface area contributed by atoms with E-state index >= 15 is 0 Å². The number of nitrogens with zero attached hydrogens (tertiary/aromatic N) is 1. The molecule has 1 heterocycles. The predicted molar refractivity (Wildman–Crippen MR) is 76.8 cm³/mol. The summed E-state index contributed by atoms with van der Waals surface area (Å²) in [5.41, 5.74) is 1.37. The minimum atomic E-state index is -0.427. The normalized spacial score (nSPS) is 12.7. The summed E-state index contributed by atoms with van der Waals surface area (Å²) in [6.45, 7) is 11.9. The van der Waals surface area contributed by atoms with E-state index in [-0.39, 0.29) is 5.91 Å².